The van der Waals surface area contributed by atoms with Crippen LogP contribution in [0.5, 0.6) is 0 Å². The Morgan fingerprint density at radius 1 is 1.27 bits per heavy atom. The van der Waals surface area contributed by atoms with Gasteiger partial charge in [0.15, 0.2) is 0 Å². The van der Waals surface area contributed by atoms with Gasteiger partial charge in [0.1, 0.15) is 0 Å². The minimum Gasteiger partial charge on any atom is -0.160 e. The minimum atomic E-state index is -4.15. The van der Waals surface area contributed by atoms with E-state index < -0.39 is 5.51 Å². The maximum Gasteiger partial charge on any atom is 0.446 e. The third-order valence-corrected chi connectivity index (χ3v) is 1.96. The molecule has 4 heteroatoms. The van der Waals surface area contributed by atoms with Crippen LogP contribution in [-0.2, 0) is 0 Å². The van der Waals surface area contributed by atoms with Crippen LogP contribution in [0.1, 0.15) is 12.8 Å². The summed E-state index contributed by atoms with van der Waals surface area (Å²) in [4.78, 5) is 0.309. The van der Waals surface area contributed by atoms with Crippen molar-refractivity contribution in [2.45, 2.75) is 18.3 Å². The lowest BCUT2D eigenvalue weighted by Crippen LogP contribution is -2.00. The molecular formula is C7H7F3S. The monoisotopic (exact) mass is 180 g/mol. The van der Waals surface area contributed by atoms with E-state index in [4.69, 9.17) is 0 Å². The Morgan fingerprint density at radius 3 is 2.45 bits per heavy atom. The van der Waals surface area contributed by atoms with Crippen LogP contribution in [0, 0.1) is 0 Å². The summed E-state index contributed by atoms with van der Waals surface area (Å²) in [7, 11) is 0. The van der Waals surface area contributed by atoms with Gasteiger partial charge in [-0.2, -0.15) is 13.2 Å². The van der Waals surface area contributed by atoms with Crippen molar-refractivity contribution in [2.24, 2.45) is 0 Å². The molecule has 62 valence electrons. The number of hydrogen-bond acceptors (Lipinski definition) is 1. The van der Waals surface area contributed by atoms with Crippen LogP contribution in [0.3, 0.4) is 0 Å². The number of hydrogen-bond donors (Lipinski definition) is 0. The zero-order valence-corrected chi connectivity index (χ0v) is 6.50. The summed E-state index contributed by atoms with van der Waals surface area (Å²) in [5.74, 6) is 0. The molecule has 1 aliphatic rings. The normalized spacial score (nSPS) is 18.3. The smallest absolute Gasteiger partial charge is 0.160 e. The molecule has 0 saturated heterocycles. The van der Waals surface area contributed by atoms with Crippen LogP contribution >= 0.6 is 11.8 Å². The van der Waals surface area contributed by atoms with Gasteiger partial charge < -0.3 is 0 Å². The van der Waals surface area contributed by atoms with E-state index in [1.807, 2.05) is 0 Å². The first-order chi connectivity index (χ1) is 5.08. The van der Waals surface area contributed by atoms with E-state index in [1.54, 1.807) is 12.2 Å². The summed E-state index contributed by atoms with van der Waals surface area (Å²) in [5.41, 5.74) is -4.15. The third kappa shape index (κ3) is 3.51. The zero-order chi connectivity index (χ0) is 8.32. The summed E-state index contributed by atoms with van der Waals surface area (Å²) in [6.45, 7) is 0. The molecule has 0 spiro atoms. The van der Waals surface area contributed by atoms with Crippen LogP contribution < -0.4 is 0 Å². The van der Waals surface area contributed by atoms with Gasteiger partial charge in [-0.3, -0.25) is 0 Å². The molecule has 0 aromatic carbocycles. The van der Waals surface area contributed by atoms with Gasteiger partial charge in [-0.1, -0.05) is 18.2 Å². The molecule has 0 radical (unpaired) electrons. The summed E-state index contributed by atoms with van der Waals surface area (Å²) in [6, 6.07) is 0. The molecule has 0 aliphatic heterocycles. The summed E-state index contributed by atoms with van der Waals surface area (Å²) < 4.78 is 35.2. The van der Waals surface area contributed by atoms with Crippen molar-refractivity contribution < 1.29 is 13.2 Å². The van der Waals surface area contributed by atoms with E-state index >= 15 is 0 Å². The summed E-state index contributed by atoms with van der Waals surface area (Å²) in [5, 5.41) is 0. The lowest BCUT2D eigenvalue weighted by molar-refractivity contribution is -0.0321. The molecule has 0 aromatic heterocycles. The molecule has 0 heterocycles. The molecule has 0 atom stereocenters. The van der Waals surface area contributed by atoms with E-state index in [9.17, 15) is 13.2 Å². The van der Waals surface area contributed by atoms with E-state index in [0.717, 1.165) is 12.8 Å². The second-order valence-electron chi connectivity index (χ2n) is 2.13. The predicted octanol–water partition coefficient (Wildman–Crippen LogP) is 3.47. The molecule has 1 aliphatic carbocycles. The first-order valence-corrected chi connectivity index (χ1v) is 4.02. The molecule has 0 aromatic rings. The summed E-state index contributed by atoms with van der Waals surface area (Å²) in [6.07, 6.45) is 6.45. The Kier molecular flexibility index (Phi) is 2.65. The lowest BCUT2D eigenvalue weighted by Gasteiger charge is -2.08. The van der Waals surface area contributed by atoms with Gasteiger partial charge in [0, 0.05) is 4.91 Å². The minimum absolute atomic E-state index is 0.0480. The van der Waals surface area contributed by atoms with E-state index in [1.165, 1.54) is 6.08 Å². The SMILES string of the molecule is FC(F)(F)SC1=CCCC=C1. The van der Waals surface area contributed by atoms with Crippen molar-refractivity contribution in [2.75, 3.05) is 0 Å². The van der Waals surface area contributed by atoms with Crippen LogP contribution in [-0.4, -0.2) is 5.51 Å². The first-order valence-electron chi connectivity index (χ1n) is 3.20. The van der Waals surface area contributed by atoms with E-state index in [2.05, 4.69) is 0 Å². The molecule has 1 rings (SSSR count). The highest BCUT2D eigenvalue weighted by Crippen LogP contribution is 2.37. The summed E-state index contributed by atoms with van der Waals surface area (Å²) >= 11 is -0.0480. The number of rotatable bonds is 1. The maximum atomic E-state index is 11.7. The molecule has 11 heavy (non-hydrogen) atoms. The maximum absolute atomic E-state index is 11.7. The molecule has 0 saturated carbocycles. The molecule has 0 unspecified atom stereocenters. The molecule has 0 amide bonds. The zero-order valence-electron chi connectivity index (χ0n) is 5.69. The lowest BCUT2D eigenvalue weighted by atomic mass is 10.2. The van der Waals surface area contributed by atoms with Crippen molar-refractivity contribution in [3.63, 3.8) is 0 Å². The van der Waals surface area contributed by atoms with Gasteiger partial charge in [-0.25, -0.2) is 0 Å². The predicted molar refractivity (Wildman–Crippen MR) is 40.1 cm³/mol. The average molecular weight is 180 g/mol. The highest BCUT2D eigenvalue weighted by molar-refractivity contribution is 8.04. The van der Waals surface area contributed by atoms with Crippen LogP contribution in [0.2, 0.25) is 0 Å². The van der Waals surface area contributed by atoms with Crippen LogP contribution in [0.25, 0.3) is 0 Å². The molecule has 0 bridgehead atoms. The average Bonchev–Trinajstić information content (AvgIpc) is 1.85. The molecule has 0 N–H and O–H groups in total. The van der Waals surface area contributed by atoms with Gasteiger partial charge in [-0.15, -0.1) is 0 Å². The molecular weight excluding hydrogens is 173 g/mol. The number of thioether (sulfide) groups is 1. The fraction of sp³-hybridized carbons (Fsp3) is 0.429. The Labute approximate surface area is 67.2 Å². The largest absolute Gasteiger partial charge is 0.446 e. The highest BCUT2D eigenvalue weighted by Gasteiger charge is 2.29. The second kappa shape index (κ2) is 3.34. The Hall–Kier alpha value is -0.380. The van der Waals surface area contributed by atoms with Gasteiger partial charge in [0.2, 0.25) is 0 Å². The Morgan fingerprint density at radius 2 is 2.00 bits per heavy atom. The van der Waals surface area contributed by atoms with Gasteiger partial charge in [-0.05, 0) is 24.6 Å². The molecule has 0 fully saturated rings. The Bertz CT molecular complexity index is 190. The standard InChI is InChI=1S/C7H7F3S/c8-7(9,10)11-6-4-2-1-3-5-6/h2,4-5H,1,3H2. The fourth-order valence-electron chi connectivity index (χ4n) is 0.799. The first kappa shape index (κ1) is 8.71. The number of alkyl halides is 3. The highest BCUT2D eigenvalue weighted by atomic mass is 32.2. The van der Waals surface area contributed by atoms with Crippen LogP contribution in [0.15, 0.2) is 23.1 Å². The Balaban J connectivity index is 2.49. The molecule has 0 nitrogen and oxygen atoms in total. The second-order valence-corrected chi connectivity index (χ2v) is 3.27. The fourth-order valence-corrected chi connectivity index (χ4v) is 1.43. The topological polar surface area (TPSA) is 0 Å². The van der Waals surface area contributed by atoms with E-state index in [0.29, 0.717) is 4.91 Å². The van der Waals surface area contributed by atoms with Crippen molar-refractivity contribution in [1.29, 1.82) is 0 Å². The van der Waals surface area contributed by atoms with Gasteiger partial charge >= 0.3 is 5.51 Å². The van der Waals surface area contributed by atoms with Gasteiger partial charge in [0.05, 0.1) is 0 Å². The van der Waals surface area contributed by atoms with Crippen molar-refractivity contribution in [3.8, 4) is 0 Å². The number of halogens is 3. The van der Waals surface area contributed by atoms with Crippen molar-refractivity contribution in [3.05, 3.63) is 23.1 Å². The quantitative estimate of drug-likeness (QED) is 0.595. The number of allylic oxidation sites excluding steroid dienone is 3. The van der Waals surface area contributed by atoms with E-state index in [-0.39, 0.29) is 11.8 Å². The third-order valence-electron chi connectivity index (χ3n) is 1.19. The van der Waals surface area contributed by atoms with Crippen LogP contribution in [0.4, 0.5) is 13.2 Å². The van der Waals surface area contributed by atoms with Crippen molar-refractivity contribution >= 4 is 11.8 Å². The van der Waals surface area contributed by atoms with Gasteiger partial charge in [0.25, 0.3) is 0 Å². The van der Waals surface area contributed by atoms with Crippen molar-refractivity contribution in [1.82, 2.24) is 0 Å².